The number of ether oxygens (including phenoxy) is 1. The van der Waals surface area contributed by atoms with Gasteiger partial charge < -0.3 is 9.30 Å². The number of hydrogen-bond donors (Lipinski definition) is 1. The normalized spacial score (nSPS) is 11.5. The number of hydrogen-bond acceptors (Lipinski definition) is 5. The maximum Gasteiger partial charge on any atom is 0.412 e. The number of thiophene rings is 1. The Kier molecular flexibility index (Phi) is 6.23. The van der Waals surface area contributed by atoms with Crippen molar-refractivity contribution in [2.75, 3.05) is 5.32 Å². The second kappa shape index (κ2) is 8.96. The first kappa shape index (κ1) is 22.9. The highest BCUT2D eigenvalue weighted by Gasteiger charge is 2.18. The summed E-state index contributed by atoms with van der Waals surface area (Å²) in [6.07, 6.45) is 0.769. The van der Waals surface area contributed by atoms with Gasteiger partial charge in [-0.25, -0.2) is 9.18 Å². The van der Waals surface area contributed by atoms with Gasteiger partial charge in [0.2, 0.25) is 0 Å². The molecule has 2 aromatic heterocycles. The average molecular weight is 486 g/mol. The number of anilines is 1. The summed E-state index contributed by atoms with van der Waals surface area (Å²) in [4.78, 5) is 29.0. The molecule has 0 unspecified atom stereocenters. The van der Waals surface area contributed by atoms with E-state index in [0.717, 1.165) is 5.56 Å². The Morgan fingerprint density at radius 1 is 1.18 bits per heavy atom. The summed E-state index contributed by atoms with van der Waals surface area (Å²) < 4.78 is 22.2. The first-order chi connectivity index (χ1) is 15.6. The van der Waals surface area contributed by atoms with E-state index >= 15 is 0 Å². The molecule has 2 aromatic carbocycles. The summed E-state index contributed by atoms with van der Waals surface area (Å²) in [6, 6.07) is 13.7. The lowest BCUT2D eigenvalue weighted by atomic mass is 10.1. The van der Waals surface area contributed by atoms with Crippen LogP contribution in [0.4, 0.5) is 14.9 Å². The van der Waals surface area contributed by atoms with Crippen molar-refractivity contribution in [3.8, 4) is 10.4 Å². The molecule has 0 spiro atoms. The lowest BCUT2D eigenvalue weighted by Crippen LogP contribution is -2.27. The zero-order valence-corrected chi connectivity index (χ0v) is 19.8. The molecule has 0 aliphatic heterocycles. The highest BCUT2D eigenvalue weighted by atomic mass is 35.5. The number of halogens is 2. The van der Waals surface area contributed by atoms with Crippen LogP contribution in [0.1, 0.15) is 26.3 Å². The van der Waals surface area contributed by atoms with Crippen molar-refractivity contribution in [2.45, 2.75) is 32.9 Å². The van der Waals surface area contributed by atoms with Crippen molar-refractivity contribution in [3.05, 3.63) is 81.6 Å². The van der Waals surface area contributed by atoms with Gasteiger partial charge in [-0.15, -0.1) is 11.3 Å². The standard InChI is InChI=1S/C24H21ClFN3O3S/c1-24(2,3)32-23(31)28-18-9-6-15(10-17(18)26)20-11-19-21(33-20)22(30)27-13-29(19)12-14-4-7-16(25)8-5-14/h4-11,13H,12H2,1-3H3,(H,28,31). The molecule has 1 amide bonds. The number of nitrogens with zero attached hydrogens (tertiary/aromatic N) is 2. The van der Waals surface area contributed by atoms with Crippen molar-refractivity contribution in [1.82, 2.24) is 9.55 Å². The Morgan fingerprint density at radius 2 is 1.91 bits per heavy atom. The molecule has 0 fully saturated rings. The molecule has 4 aromatic rings. The summed E-state index contributed by atoms with van der Waals surface area (Å²) in [5.41, 5.74) is 1.28. The molecule has 9 heteroatoms. The Balaban J connectivity index is 1.64. The number of rotatable bonds is 4. The van der Waals surface area contributed by atoms with Crippen LogP contribution >= 0.6 is 22.9 Å². The number of amides is 1. The van der Waals surface area contributed by atoms with Crippen LogP contribution in [0.3, 0.4) is 0 Å². The number of carbonyl (C=O) groups excluding carboxylic acids is 1. The molecule has 33 heavy (non-hydrogen) atoms. The molecule has 0 aliphatic rings. The van der Waals surface area contributed by atoms with Crippen molar-refractivity contribution in [2.24, 2.45) is 0 Å². The van der Waals surface area contributed by atoms with Crippen LogP contribution in [0.25, 0.3) is 20.7 Å². The fourth-order valence-corrected chi connectivity index (χ4v) is 4.41. The van der Waals surface area contributed by atoms with Crippen LogP contribution in [-0.4, -0.2) is 21.2 Å². The van der Waals surface area contributed by atoms with Gasteiger partial charge in [0, 0.05) is 16.4 Å². The Bertz CT molecular complexity index is 1390. The van der Waals surface area contributed by atoms with Gasteiger partial charge in [-0.3, -0.25) is 10.1 Å². The van der Waals surface area contributed by atoms with E-state index in [1.807, 2.05) is 22.8 Å². The molecule has 6 nitrogen and oxygen atoms in total. The second-order valence-electron chi connectivity index (χ2n) is 8.45. The van der Waals surface area contributed by atoms with E-state index in [9.17, 15) is 14.0 Å². The van der Waals surface area contributed by atoms with E-state index in [4.69, 9.17) is 16.3 Å². The molecule has 4 rings (SSSR count). The molecule has 1 N–H and O–H groups in total. The van der Waals surface area contributed by atoms with Crippen molar-refractivity contribution < 1.29 is 13.9 Å². The second-order valence-corrected chi connectivity index (χ2v) is 9.94. The number of nitrogens with one attached hydrogen (secondary N) is 1. The van der Waals surface area contributed by atoms with Crippen LogP contribution in [0, 0.1) is 5.82 Å². The number of fused-ring (bicyclic) bond motifs is 1. The number of aromatic nitrogens is 2. The van der Waals surface area contributed by atoms with Crippen molar-refractivity contribution in [3.63, 3.8) is 0 Å². The quantitative estimate of drug-likeness (QED) is 0.367. The minimum Gasteiger partial charge on any atom is -0.444 e. The molecule has 2 heterocycles. The predicted octanol–water partition coefficient (Wildman–Crippen LogP) is 6.31. The molecule has 0 bridgehead atoms. The van der Waals surface area contributed by atoms with Gasteiger partial charge >= 0.3 is 6.09 Å². The summed E-state index contributed by atoms with van der Waals surface area (Å²) in [7, 11) is 0. The molecular formula is C24H21ClFN3O3S. The fourth-order valence-electron chi connectivity index (χ4n) is 3.23. The Labute approximate surface area is 198 Å². The van der Waals surface area contributed by atoms with Crippen molar-refractivity contribution >= 4 is 44.9 Å². The van der Waals surface area contributed by atoms with E-state index < -0.39 is 17.5 Å². The highest BCUT2D eigenvalue weighted by Crippen LogP contribution is 2.33. The highest BCUT2D eigenvalue weighted by molar-refractivity contribution is 7.22. The van der Waals surface area contributed by atoms with Gasteiger partial charge in [-0.1, -0.05) is 29.8 Å². The summed E-state index contributed by atoms with van der Waals surface area (Å²) >= 11 is 7.21. The molecule has 0 radical (unpaired) electrons. The third-order valence-corrected chi connectivity index (χ3v) is 6.10. The summed E-state index contributed by atoms with van der Waals surface area (Å²) in [6.45, 7) is 5.69. The average Bonchev–Trinajstić information content (AvgIpc) is 3.18. The molecule has 0 atom stereocenters. The summed E-state index contributed by atoms with van der Waals surface area (Å²) in [5, 5.41) is 3.06. The molecule has 0 saturated heterocycles. The summed E-state index contributed by atoms with van der Waals surface area (Å²) in [5.74, 6) is -0.606. The molecule has 0 aliphatic carbocycles. The monoisotopic (exact) mass is 485 g/mol. The van der Waals surface area contributed by atoms with Gasteiger partial charge in [0.05, 0.1) is 17.5 Å². The van der Waals surface area contributed by atoms with E-state index in [1.165, 1.54) is 29.8 Å². The Morgan fingerprint density at radius 3 is 2.58 bits per heavy atom. The first-order valence-corrected chi connectivity index (χ1v) is 11.3. The predicted molar refractivity (Wildman–Crippen MR) is 130 cm³/mol. The third kappa shape index (κ3) is 5.40. The van der Waals surface area contributed by atoms with E-state index in [2.05, 4.69) is 10.3 Å². The van der Waals surface area contributed by atoms with Gasteiger partial charge in [0.15, 0.2) is 0 Å². The first-order valence-electron chi connectivity index (χ1n) is 10.1. The van der Waals surface area contributed by atoms with Crippen LogP contribution in [-0.2, 0) is 11.3 Å². The van der Waals surface area contributed by atoms with Crippen LogP contribution in [0.2, 0.25) is 5.02 Å². The van der Waals surface area contributed by atoms with E-state index in [1.54, 1.807) is 39.0 Å². The van der Waals surface area contributed by atoms with Gasteiger partial charge in [0.1, 0.15) is 16.1 Å². The van der Waals surface area contributed by atoms with Gasteiger partial charge in [-0.05, 0) is 62.2 Å². The number of carbonyl (C=O) groups is 1. The van der Waals surface area contributed by atoms with Crippen LogP contribution < -0.4 is 10.9 Å². The fraction of sp³-hybridized carbons (Fsp3) is 0.208. The van der Waals surface area contributed by atoms with Gasteiger partial charge in [0.25, 0.3) is 5.56 Å². The molecular weight excluding hydrogens is 465 g/mol. The lowest BCUT2D eigenvalue weighted by Gasteiger charge is -2.19. The van der Waals surface area contributed by atoms with Crippen LogP contribution in [0.5, 0.6) is 0 Å². The van der Waals surface area contributed by atoms with E-state index in [-0.39, 0.29) is 11.2 Å². The maximum absolute atomic E-state index is 14.7. The molecule has 0 saturated carbocycles. The minimum absolute atomic E-state index is 0.0121. The van der Waals surface area contributed by atoms with E-state index in [0.29, 0.717) is 32.2 Å². The zero-order chi connectivity index (χ0) is 23.8. The van der Waals surface area contributed by atoms with Crippen molar-refractivity contribution in [1.29, 1.82) is 0 Å². The smallest absolute Gasteiger partial charge is 0.412 e. The minimum atomic E-state index is -0.735. The van der Waals surface area contributed by atoms with Gasteiger partial charge in [-0.2, -0.15) is 4.98 Å². The zero-order valence-electron chi connectivity index (χ0n) is 18.2. The lowest BCUT2D eigenvalue weighted by molar-refractivity contribution is 0.0635. The largest absolute Gasteiger partial charge is 0.444 e. The van der Waals surface area contributed by atoms with Crippen LogP contribution in [0.15, 0.2) is 59.7 Å². The maximum atomic E-state index is 14.7. The Hall–Kier alpha value is -3.23. The molecule has 170 valence electrons. The topological polar surface area (TPSA) is 73.2 Å². The number of benzene rings is 2. The third-order valence-electron chi connectivity index (χ3n) is 4.69. The SMILES string of the molecule is CC(C)(C)OC(=O)Nc1ccc(-c2cc3c(s2)c(=O)ncn3Cc2ccc(Cl)cc2)cc1F.